The first-order valence-corrected chi connectivity index (χ1v) is 7.54. The van der Waals surface area contributed by atoms with Gasteiger partial charge in [0.05, 0.1) is 11.7 Å². The summed E-state index contributed by atoms with van der Waals surface area (Å²) in [5.74, 6) is 0.421. The Hall–Kier alpha value is -1.44. The largest absolute Gasteiger partial charge is 0.393 e. The maximum Gasteiger partial charge on any atom is 0.101 e. The number of aromatic nitrogens is 1. The number of aliphatic hydroxyl groups is 1. The van der Waals surface area contributed by atoms with Crippen molar-refractivity contribution < 1.29 is 5.11 Å². The molecule has 20 heavy (non-hydrogen) atoms. The van der Waals surface area contributed by atoms with Crippen LogP contribution >= 0.6 is 0 Å². The third-order valence-electron chi connectivity index (χ3n) is 4.86. The third kappa shape index (κ3) is 2.56. The minimum absolute atomic E-state index is 0.135. The summed E-state index contributed by atoms with van der Waals surface area (Å²) in [6, 6.07) is 4.65. The highest BCUT2D eigenvalue weighted by Gasteiger charge is 2.38. The number of likely N-dealkylation sites (tertiary alicyclic amines) is 1. The summed E-state index contributed by atoms with van der Waals surface area (Å²) in [5.41, 5.74) is 1.73. The molecule has 3 rings (SSSR count). The Labute approximate surface area is 120 Å². The molecule has 1 aliphatic heterocycles. The van der Waals surface area contributed by atoms with Gasteiger partial charge in [-0.1, -0.05) is 12.8 Å². The maximum absolute atomic E-state index is 10.2. The molecule has 4 nitrogen and oxygen atoms in total. The zero-order chi connectivity index (χ0) is 13.9. The van der Waals surface area contributed by atoms with Crippen LogP contribution in [0.15, 0.2) is 18.5 Å². The predicted octanol–water partition coefficient (Wildman–Crippen LogP) is 2.08. The Morgan fingerprint density at radius 3 is 3.05 bits per heavy atom. The summed E-state index contributed by atoms with van der Waals surface area (Å²) in [5, 5.41) is 19.4. The van der Waals surface area contributed by atoms with Crippen molar-refractivity contribution in [2.75, 3.05) is 6.54 Å². The van der Waals surface area contributed by atoms with E-state index in [9.17, 15) is 10.4 Å². The molecule has 0 bridgehead atoms. The zero-order valence-corrected chi connectivity index (χ0v) is 11.7. The van der Waals surface area contributed by atoms with Crippen molar-refractivity contribution in [1.82, 2.24) is 9.88 Å². The molecule has 1 saturated carbocycles. The first-order chi connectivity index (χ1) is 9.79. The standard InChI is InChI=1S/C16H21N3O/c17-9-13-10-18-7-5-12(13)11-19-8-6-16(20)14-3-1-2-4-15(14)19/h5,7,10,14-16,20H,1-4,6,8,11H2. The van der Waals surface area contributed by atoms with E-state index in [4.69, 9.17) is 0 Å². The van der Waals surface area contributed by atoms with Gasteiger partial charge in [0.1, 0.15) is 6.07 Å². The average molecular weight is 271 g/mol. The third-order valence-corrected chi connectivity index (χ3v) is 4.86. The second-order valence-electron chi connectivity index (χ2n) is 5.99. The zero-order valence-electron chi connectivity index (χ0n) is 11.7. The van der Waals surface area contributed by atoms with E-state index in [0.717, 1.165) is 31.5 Å². The van der Waals surface area contributed by atoms with Gasteiger partial charge in [0.2, 0.25) is 0 Å². The fraction of sp³-hybridized carbons (Fsp3) is 0.625. The molecule has 1 saturated heterocycles. The molecule has 0 amide bonds. The van der Waals surface area contributed by atoms with E-state index in [0.29, 0.717) is 17.5 Å². The molecule has 4 heteroatoms. The quantitative estimate of drug-likeness (QED) is 0.894. The number of aliphatic hydroxyl groups excluding tert-OH is 1. The topological polar surface area (TPSA) is 60.2 Å². The summed E-state index contributed by atoms with van der Waals surface area (Å²) in [6.45, 7) is 1.73. The summed E-state index contributed by atoms with van der Waals surface area (Å²) in [6.07, 6.45) is 8.94. The van der Waals surface area contributed by atoms with Crippen LogP contribution in [0.1, 0.15) is 43.2 Å². The van der Waals surface area contributed by atoms with Crippen molar-refractivity contribution in [1.29, 1.82) is 5.26 Å². The van der Waals surface area contributed by atoms with Crippen LogP contribution in [0.3, 0.4) is 0 Å². The molecule has 2 aliphatic rings. The van der Waals surface area contributed by atoms with E-state index < -0.39 is 0 Å². The predicted molar refractivity (Wildman–Crippen MR) is 75.7 cm³/mol. The van der Waals surface area contributed by atoms with Gasteiger partial charge >= 0.3 is 0 Å². The molecule has 0 radical (unpaired) electrons. The second-order valence-corrected chi connectivity index (χ2v) is 5.99. The molecule has 1 aliphatic carbocycles. The number of fused-ring (bicyclic) bond motifs is 1. The summed E-state index contributed by atoms with van der Waals surface area (Å²) >= 11 is 0. The molecule has 106 valence electrons. The lowest BCUT2D eigenvalue weighted by atomic mass is 9.76. The Kier molecular flexibility index (Phi) is 4.00. The molecule has 0 spiro atoms. The number of nitrogens with zero attached hydrogens (tertiary/aromatic N) is 3. The smallest absolute Gasteiger partial charge is 0.101 e. The van der Waals surface area contributed by atoms with Crippen molar-refractivity contribution >= 4 is 0 Å². The van der Waals surface area contributed by atoms with Gasteiger partial charge in [0.15, 0.2) is 0 Å². The van der Waals surface area contributed by atoms with E-state index in [2.05, 4.69) is 16.0 Å². The first-order valence-electron chi connectivity index (χ1n) is 7.54. The van der Waals surface area contributed by atoms with Gasteiger partial charge in [-0.05, 0) is 30.9 Å². The van der Waals surface area contributed by atoms with E-state index in [1.807, 2.05) is 6.07 Å². The molecule has 3 atom stereocenters. The van der Waals surface area contributed by atoms with E-state index in [-0.39, 0.29) is 6.10 Å². The van der Waals surface area contributed by atoms with Crippen LogP contribution in [0.25, 0.3) is 0 Å². The first kappa shape index (κ1) is 13.5. The SMILES string of the molecule is N#Cc1cnccc1CN1CCC(O)C2CCCCC21. The second kappa shape index (κ2) is 5.90. The molecule has 3 unspecified atom stereocenters. The fourth-order valence-electron chi connectivity index (χ4n) is 3.80. The van der Waals surface area contributed by atoms with Crippen LogP contribution in [0.4, 0.5) is 0 Å². The van der Waals surface area contributed by atoms with Crippen molar-refractivity contribution in [3.05, 3.63) is 29.6 Å². The Bertz CT molecular complexity index is 511. The van der Waals surface area contributed by atoms with Crippen LogP contribution in [0.2, 0.25) is 0 Å². The Morgan fingerprint density at radius 2 is 2.20 bits per heavy atom. The fourth-order valence-corrected chi connectivity index (χ4v) is 3.80. The molecule has 2 fully saturated rings. The number of hydrogen-bond acceptors (Lipinski definition) is 4. The lowest BCUT2D eigenvalue weighted by Gasteiger charge is -2.46. The monoisotopic (exact) mass is 271 g/mol. The lowest BCUT2D eigenvalue weighted by Crippen LogP contribution is -2.52. The van der Waals surface area contributed by atoms with Gasteiger partial charge in [0.25, 0.3) is 0 Å². The molecule has 0 aromatic carbocycles. The minimum atomic E-state index is -0.135. The highest BCUT2D eigenvalue weighted by Crippen LogP contribution is 2.36. The van der Waals surface area contributed by atoms with Gasteiger partial charge in [-0.2, -0.15) is 5.26 Å². The van der Waals surface area contributed by atoms with Crippen molar-refractivity contribution in [3.8, 4) is 6.07 Å². The number of hydrogen-bond donors (Lipinski definition) is 1. The molecule has 1 aromatic rings. The molecule has 2 heterocycles. The van der Waals surface area contributed by atoms with E-state index in [1.165, 1.54) is 19.3 Å². The summed E-state index contributed by atoms with van der Waals surface area (Å²) in [4.78, 5) is 6.49. The van der Waals surface area contributed by atoms with Crippen LogP contribution in [0.5, 0.6) is 0 Å². The van der Waals surface area contributed by atoms with Crippen LogP contribution < -0.4 is 0 Å². The highest BCUT2D eigenvalue weighted by molar-refractivity contribution is 5.34. The van der Waals surface area contributed by atoms with Gasteiger partial charge in [-0.3, -0.25) is 9.88 Å². The number of rotatable bonds is 2. The Morgan fingerprint density at radius 1 is 1.35 bits per heavy atom. The molecule has 1 aromatic heterocycles. The number of pyridine rings is 1. The molecule has 1 N–H and O–H groups in total. The van der Waals surface area contributed by atoms with E-state index in [1.54, 1.807) is 12.4 Å². The van der Waals surface area contributed by atoms with Gasteiger partial charge in [-0.25, -0.2) is 0 Å². The summed E-state index contributed by atoms with van der Waals surface area (Å²) < 4.78 is 0. The molecular formula is C16H21N3O. The average Bonchev–Trinajstić information content (AvgIpc) is 2.51. The highest BCUT2D eigenvalue weighted by atomic mass is 16.3. The lowest BCUT2D eigenvalue weighted by molar-refractivity contribution is -0.0393. The van der Waals surface area contributed by atoms with Crippen molar-refractivity contribution in [2.24, 2.45) is 5.92 Å². The van der Waals surface area contributed by atoms with Crippen LogP contribution in [-0.4, -0.2) is 33.7 Å². The van der Waals surface area contributed by atoms with Crippen molar-refractivity contribution in [2.45, 2.75) is 50.8 Å². The van der Waals surface area contributed by atoms with Crippen LogP contribution in [-0.2, 0) is 6.54 Å². The number of piperidine rings is 1. The normalized spacial score (nSPS) is 30.5. The Balaban J connectivity index is 1.78. The van der Waals surface area contributed by atoms with Crippen molar-refractivity contribution in [3.63, 3.8) is 0 Å². The number of nitriles is 1. The minimum Gasteiger partial charge on any atom is -0.393 e. The van der Waals surface area contributed by atoms with Gasteiger partial charge in [0, 0.05) is 37.4 Å². The summed E-state index contributed by atoms with van der Waals surface area (Å²) in [7, 11) is 0. The van der Waals surface area contributed by atoms with Gasteiger partial charge < -0.3 is 5.11 Å². The molecular weight excluding hydrogens is 250 g/mol. The maximum atomic E-state index is 10.2. The van der Waals surface area contributed by atoms with E-state index >= 15 is 0 Å². The van der Waals surface area contributed by atoms with Crippen LogP contribution in [0, 0.1) is 17.2 Å². The van der Waals surface area contributed by atoms with Gasteiger partial charge in [-0.15, -0.1) is 0 Å².